The summed E-state index contributed by atoms with van der Waals surface area (Å²) in [4.78, 5) is 4.69. The minimum atomic E-state index is -0.209. The second-order valence-electron chi connectivity index (χ2n) is 6.61. The second-order valence-corrected chi connectivity index (χ2v) is 6.61. The third-order valence-corrected chi connectivity index (χ3v) is 5.36. The van der Waals surface area contributed by atoms with Gasteiger partial charge in [0.25, 0.3) is 0 Å². The van der Waals surface area contributed by atoms with Crippen molar-refractivity contribution in [1.82, 2.24) is 4.98 Å². The van der Waals surface area contributed by atoms with Crippen LogP contribution in [0.3, 0.4) is 0 Å². The van der Waals surface area contributed by atoms with Crippen molar-refractivity contribution >= 4 is 10.9 Å². The monoisotopic (exact) mass is 267 g/mol. The summed E-state index contributed by atoms with van der Waals surface area (Å²) in [5, 5.41) is 11.7. The molecule has 1 aromatic carbocycles. The number of aliphatic hydroxyl groups excluding tert-OH is 1. The van der Waals surface area contributed by atoms with Gasteiger partial charge >= 0.3 is 0 Å². The largest absolute Gasteiger partial charge is 0.392 e. The van der Waals surface area contributed by atoms with E-state index >= 15 is 0 Å². The molecule has 0 spiro atoms. The van der Waals surface area contributed by atoms with E-state index in [0.29, 0.717) is 12.3 Å². The van der Waals surface area contributed by atoms with Crippen molar-refractivity contribution in [3.05, 3.63) is 42.1 Å². The number of aromatic nitrogens is 1. The fraction of sp³-hybridized carbons (Fsp3) is 0.500. The zero-order valence-electron chi connectivity index (χ0n) is 11.7. The molecule has 104 valence electrons. The lowest BCUT2D eigenvalue weighted by Gasteiger charge is -2.26. The van der Waals surface area contributed by atoms with Crippen LogP contribution in [-0.4, -0.2) is 16.2 Å². The van der Waals surface area contributed by atoms with Crippen LogP contribution < -0.4 is 0 Å². The first-order chi connectivity index (χ1) is 9.79. The normalized spacial score (nSPS) is 29.9. The molecule has 2 fully saturated rings. The van der Waals surface area contributed by atoms with E-state index in [1.165, 1.54) is 31.1 Å². The van der Waals surface area contributed by atoms with E-state index in [4.69, 9.17) is 0 Å². The Morgan fingerprint density at radius 1 is 1.10 bits per heavy atom. The lowest BCUT2D eigenvalue weighted by molar-refractivity contribution is 0.0743. The molecule has 2 bridgehead atoms. The molecule has 2 aromatic rings. The predicted octanol–water partition coefficient (Wildman–Crippen LogP) is 3.57. The quantitative estimate of drug-likeness (QED) is 0.922. The number of para-hydroxylation sites is 1. The number of rotatable bonds is 3. The maximum atomic E-state index is 10.6. The highest BCUT2D eigenvalue weighted by molar-refractivity contribution is 5.78. The van der Waals surface area contributed by atoms with E-state index in [1.807, 2.05) is 18.2 Å². The highest BCUT2D eigenvalue weighted by Gasteiger charge is 2.42. The van der Waals surface area contributed by atoms with Gasteiger partial charge in [0.1, 0.15) is 0 Å². The summed E-state index contributed by atoms with van der Waals surface area (Å²) in [6.07, 6.45) is 5.81. The van der Waals surface area contributed by atoms with Gasteiger partial charge in [-0.3, -0.25) is 4.98 Å². The van der Waals surface area contributed by atoms with Crippen molar-refractivity contribution in [3.8, 4) is 0 Å². The number of nitrogens with zero attached hydrogens (tertiary/aromatic N) is 1. The summed E-state index contributed by atoms with van der Waals surface area (Å²) in [6.45, 7) is 0. The first kappa shape index (κ1) is 12.3. The molecule has 0 amide bonds. The van der Waals surface area contributed by atoms with Gasteiger partial charge in [0.15, 0.2) is 0 Å². The Bertz CT molecular complexity index is 624. The highest BCUT2D eigenvalue weighted by atomic mass is 16.3. The highest BCUT2D eigenvalue weighted by Crippen LogP contribution is 2.49. The van der Waals surface area contributed by atoms with Crippen LogP contribution in [0.1, 0.15) is 31.4 Å². The smallest absolute Gasteiger partial charge is 0.0705 e. The molecule has 20 heavy (non-hydrogen) atoms. The summed E-state index contributed by atoms with van der Waals surface area (Å²) in [7, 11) is 0. The molecule has 1 aromatic heterocycles. The molecule has 0 saturated heterocycles. The van der Waals surface area contributed by atoms with Crippen LogP contribution in [0.5, 0.6) is 0 Å². The molecular weight excluding hydrogens is 246 g/mol. The van der Waals surface area contributed by atoms with E-state index in [1.54, 1.807) is 0 Å². The molecular formula is C18H21NO. The minimum Gasteiger partial charge on any atom is -0.392 e. The lowest BCUT2D eigenvalue weighted by atomic mass is 9.83. The zero-order valence-corrected chi connectivity index (χ0v) is 11.7. The lowest BCUT2D eigenvalue weighted by Crippen LogP contribution is -2.27. The van der Waals surface area contributed by atoms with E-state index < -0.39 is 0 Å². The van der Waals surface area contributed by atoms with Crippen LogP contribution >= 0.6 is 0 Å². The molecule has 2 nitrogen and oxygen atoms in total. The fourth-order valence-corrected chi connectivity index (χ4v) is 4.35. The van der Waals surface area contributed by atoms with Crippen molar-refractivity contribution in [2.75, 3.05) is 0 Å². The third kappa shape index (κ3) is 2.12. The Morgan fingerprint density at radius 2 is 2.00 bits per heavy atom. The van der Waals surface area contributed by atoms with Crippen LogP contribution in [0, 0.1) is 17.8 Å². The maximum absolute atomic E-state index is 10.6. The standard InChI is InChI=1S/C18H21NO/c20-18(16-10-12-5-6-14(16)9-12)11-15-8-7-13-3-1-2-4-17(13)19-15/h1-4,7-8,12,14,16,18,20H,5-6,9-11H2. The van der Waals surface area contributed by atoms with Gasteiger partial charge < -0.3 is 5.11 Å². The molecule has 1 heterocycles. The van der Waals surface area contributed by atoms with E-state index in [-0.39, 0.29) is 6.10 Å². The molecule has 2 aliphatic carbocycles. The first-order valence-corrected chi connectivity index (χ1v) is 7.82. The fourth-order valence-electron chi connectivity index (χ4n) is 4.35. The first-order valence-electron chi connectivity index (χ1n) is 7.82. The Hall–Kier alpha value is -1.41. The van der Waals surface area contributed by atoms with Gasteiger partial charge in [-0.1, -0.05) is 30.7 Å². The van der Waals surface area contributed by atoms with E-state index in [0.717, 1.165) is 23.0 Å². The zero-order chi connectivity index (χ0) is 13.5. The van der Waals surface area contributed by atoms with Gasteiger partial charge in [0, 0.05) is 17.5 Å². The Balaban J connectivity index is 1.52. The Labute approximate surface area is 119 Å². The number of fused-ring (bicyclic) bond motifs is 3. The number of benzene rings is 1. The van der Waals surface area contributed by atoms with Crippen molar-refractivity contribution in [3.63, 3.8) is 0 Å². The molecule has 4 unspecified atom stereocenters. The molecule has 2 saturated carbocycles. The SMILES string of the molecule is OC(Cc1ccc2ccccc2n1)C1CC2CCC1C2. The second kappa shape index (κ2) is 4.85. The van der Waals surface area contributed by atoms with E-state index in [2.05, 4.69) is 23.2 Å². The van der Waals surface area contributed by atoms with Gasteiger partial charge in [-0.05, 0) is 49.1 Å². The van der Waals surface area contributed by atoms with Gasteiger partial charge in [0.05, 0.1) is 11.6 Å². The summed E-state index contributed by atoms with van der Waals surface area (Å²) < 4.78 is 0. The topological polar surface area (TPSA) is 33.1 Å². The third-order valence-electron chi connectivity index (χ3n) is 5.36. The molecule has 4 rings (SSSR count). The summed E-state index contributed by atoms with van der Waals surface area (Å²) in [5.74, 6) is 2.18. The van der Waals surface area contributed by atoms with Crippen LogP contribution in [0.2, 0.25) is 0 Å². The Kier molecular flexibility index (Phi) is 2.99. The summed E-state index contributed by atoms with van der Waals surface area (Å²) in [6, 6.07) is 12.4. The summed E-state index contributed by atoms with van der Waals surface area (Å²) in [5.41, 5.74) is 2.06. The number of pyridine rings is 1. The van der Waals surface area contributed by atoms with Crippen LogP contribution in [0.4, 0.5) is 0 Å². The minimum absolute atomic E-state index is 0.209. The van der Waals surface area contributed by atoms with Crippen molar-refractivity contribution in [2.45, 2.75) is 38.2 Å². The average Bonchev–Trinajstić information content (AvgIpc) is 3.10. The van der Waals surface area contributed by atoms with E-state index in [9.17, 15) is 5.11 Å². The summed E-state index contributed by atoms with van der Waals surface area (Å²) >= 11 is 0. The molecule has 0 aliphatic heterocycles. The van der Waals surface area contributed by atoms with Crippen molar-refractivity contribution in [1.29, 1.82) is 0 Å². The van der Waals surface area contributed by atoms with Gasteiger partial charge in [0.2, 0.25) is 0 Å². The average molecular weight is 267 g/mol. The molecule has 4 atom stereocenters. The molecule has 1 N–H and O–H groups in total. The van der Waals surface area contributed by atoms with Gasteiger partial charge in [-0.15, -0.1) is 0 Å². The van der Waals surface area contributed by atoms with Crippen LogP contribution in [0.15, 0.2) is 36.4 Å². The number of aliphatic hydroxyl groups is 1. The van der Waals surface area contributed by atoms with Gasteiger partial charge in [-0.25, -0.2) is 0 Å². The predicted molar refractivity (Wildman–Crippen MR) is 80.4 cm³/mol. The van der Waals surface area contributed by atoms with Crippen molar-refractivity contribution in [2.24, 2.45) is 17.8 Å². The number of hydrogen-bond donors (Lipinski definition) is 1. The van der Waals surface area contributed by atoms with Gasteiger partial charge in [-0.2, -0.15) is 0 Å². The Morgan fingerprint density at radius 3 is 2.80 bits per heavy atom. The molecule has 2 aliphatic rings. The van der Waals surface area contributed by atoms with Crippen LogP contribution in [-0.2, 0) is 6.42 Å². The molecule has 2 heteroatoms. The van der Waals surface area contributed by atoms with Crippen LogP contribution in [0.25, 0.3) is 10.9 Å². The van der Waals surface area contributed by atoms with Crippen molar-refractivity contribution < 1.29 is 5.11 Å². The molecule has 0 radical (unpaired) electrons. The number of hydrogen-bond acceptors (Lipinski definition) is 2. The maximum Gasteiger partial charge on any atom is 0.0705 e.